The van der Waals surface area contributed by atoms with Gasteiger partial charge in [0.2, 0.25) is 0 Å². The fourth-order valence-electron chi connectivity index (χ4n) is 3.29. The van der Waals surface area contributed by atoms with Gasteiger partial charge in [0.15, 0.2) is 17.1 Å². The Hall–Kier alpha value is -2.60. The van der Waals surface area contributed by atoms with Crippen LogP contribution < -0.4 is 9.47 Å². The van der Waals surface area contributed by atoms with E-state index < -0.39 is 0 Å². The molecule has 2 aromatic heterocycles. The third-order valence-electron chi connectivity index (χ3n) is 4.65. The Labute approximate surface area is 147 Å². The van der Waals surface area contributed by atoms with Crippen LogP contribution in [0, 0.1) is 0 Å². The molecule has 0 aliphatic carbocycles. The zero-order valence-electron chi connectivity index (χ0n) is 14.3. The summed E-state index contributed by atoms with van der Waals surface area (Å²) in [6.45, 7) is 2.99. The van der Waals surface area contributed by atoms with E-state index in [0.29, 0.717) is 0 Å². The number of piperidine rings is 1. The van der Waals surface area contributed by atoms with Crippen LogP contribution in [-0.4, -0.2) is 45.8 Å². The Bertz CT molecular complexity index is 840. The van der Waals surface area contributed by atoms with Gasteiger partial charge in [-0.05, 0) is 42.7 Å². The first-order valence-electron chi connectivity index (χ1n) is 8.62. The topological polar surface area (TPSA) is 51.9 Å². The molecule has 0 N–H and O–H groups in total. The van der Waals surface area contributed by atoms with Crippen molar-refractivity contribution in [1.29, 1.82) is 0 Å². The molecule has 0 radical (unpaired) electrons. The van der Waals surface area contributed by atoms with Crippen LogP contribution in [0.1, 0.15) is 18.4 Å². The summed E-state index contributed by atoms with van der Waals surface area (Å²) in [5.41, 5.74) is 2.16. The summed E-state index contributed by atoms with van der Waals surface area (Å²) >= 11 is 0. The molecule has 0 spiro atoms. The van der Waals surface area contributed by atoms with E-state index in [0.717, 1.165) is 49.6 Å². The average Bonchev–Trinajstić information content (AvgIpc) is 3.12. The minimum Gasteiger partial charge on any atom is -0.493 e. The number of nitrogens with zero attached hydrogens (tertiary/aromatic N) is 4. The molecular weight excluding hydrogens is 316 g/mol. The lowest BCUT2D eigenvalue weighted by Crippen LogP contribution is -2.37. The largest absolute Gasteiger partial charge is 0.493 e. The fourth-order valence-corrected chi connectivity index (χ4v) is 3.29. The van der Waals surface area contributed by atoms with Gasteiger partial charge in [0.1, 0.15) is 12.4 Å². The van der Waals surface area contributed by atoms with E-state index in [1.807, 2.05) is 30.5 Å². The third-order valence-corrected chi connectivity index (χ3v) is 4.65. The van der Waals surface area contributed by atoms with Gasteiger partial charge in [0.05, 0.1) is 7.11 Å². The molecule has 0 atom stereocenters. The Morgan fingerprint density at radius 2 is 1.92 bits per heavy atom. The summed E-state index contributed by atoms with van der Waals surface area (Å²) in [5.74, 6) is 1.63. The molecule has 1 aliphatic heterocycles. The maximum atomic E-state index is 6.15. The van der Waals surface area contributed by atoms with Gasteiger partial charge in [0, 0.05) is 25.8 Å². The Balaban J connectivity index is 1.33. The van der Waals surface area contributed by atoms with Crippen LogP contribution in [0.25, 0.3) is 5.65 Å². The zero-order chi connectivity index (χ0) is 17.1. The monoisotopic (exact) mass is 338 g/mol. The van der Waals surface area contributed by atoms with Crippen LogP contribution in [0.5, 0.6) is 11.5 Å². The number of rotatable bonds is 5. The molecule has 1 fully saturated rings. The molecule has 6 nitrogen and oxygen atoms in total. The standard InChI is InChI=1S/C19H22N4O2/c1-24-17-4-2-3-5-18(17)25-16-7-9-22(10-8-16)13-15-6-11-23-19(12-15)20-14-21-23/h2-6,11-12,14,16H,7-10,13H2,1H3. The highest BCUT2D eigenvalue weighted by atomic mass is 16.5. The van der Waals surface area contributed by atoms with E-state index in [1.165, 1.54) is 5.56 Å². The number of pyridine rings is 1. The molecule has 1 saturated heterocycles. The van der Waals surface area contributed by atoms with Crippen molar-refractivity contribution in [2.24, 2.45) is 0 Å². The lowest BCUT2D eigenvalue weighted by molar-refractivity contribution is 0.0943. The van der Waals surface area contributed by atoms with Gasteiger partial charge in [-0.1, -0.05) is 12.1 Å². The van der Waals surface area contributed by atoms with Crippen molar-refractivity contribution in [1.82, 2.24) is 19.5 Å². The summed E-state index contributed by atoms with van der Waals surface area (Å²) in [7, 11) is 1.68. The highest BCUT2D eigenvalue weighted by molar-refractivity contribution is 5.40. The predicted molar refractivity (Wildman–Crippen MR) is 94.9 cm³/mol. The summed E-state index contributed by atoms with van der Waals surface area (Å²) in [4.78, 5) is 6.71. The van der Waals surface area contributed by atoms with Crippen LogP contribution in [0.4, 0.5) is 0 Å². The predicted octanol–water partition coefficient (Wildman–Crippen LogP) is 2.78. The van der Waals surface area contributed by atoms with E-state index >= 15 is 0 Å². The van der Waals surface area contributed by atoms with Crippen LogP contribution >= 0.6 is 0 Å². The molecule has 0 saturated carbocycles. The van der Waals surface area contributed by atoms with Gasteiger partial charge in [-0.15, -0.1) is 0 Å². The number of aromatic nitrogens is 3. The van der Waals surface area contributed by atoms with Crippen molar-refractivity contribution in [2.75, 3.05) is 20.2 Å². The molecule has 1 aliphatic rings. The average molecular weight is 338 g/mol. The first kappa shape index (κ1) is 15.9. The second-order valence-electron chi connectivity index (χ2n) is 6.34. The second kappa shape index (κ2) is 7.11. The number of hydrogen-bond acceptors (Lipinski definition) is 5. The van der Waals surface area contributed by atoms with Gasteiger partial charge in [-0.2, -0.15) is 5.10 Å². The van der Waals surface area contributed by atoms with Crippen molar-refractivity contribution >= 4 is 5.65 Å². The molecule has 6 heteroatoms. The van der Waals surface area contributed by atoms with Crippen molar-refractivity contribution in [3.63, 3.8) is 0 Å². The van der Waals surface area contributed by atoms with Crippen molar-refractivity contribution in [3.05, 3.63) is 54.5 Å². The molecule has 0 bridgehead atoms. The Morgan fingerprint density at radius 1 is 1.12 bits per heavy atom. The van der Waals surface area contributed by atoms with Crippen LogP contribution in [0.2, 0.25) is 0 Å². The van der Waals surface area contributed by atoms with E-state index in [-0.39, 0.29) is 6.10 Å². The summed E-state index contributed by atoms with van der Waals surface area (Å²) in [6.07, 6.45) is 5.83. The summed E-state index contributed by atoms with van der Waals surface area (Å²) in [5, 5.41) is 4.14. The highest BCUT2D eigenvalue weighted by Gasteiger charge is 2.21. The molecule has 25 heavy (non-hydrogen) atoms. The molecule has 0 amide bonds. The Morgan fingerprint density at radius 3 is 2.72 bits per heavy atom. The van der Waals surface area contributed by atoms with E-state index in [1.54, 1.807) is 18.0 Å². The quantitative estimate of drug-likeness (QED) is 0.716. The molecule has 3 heterocycles. The molecule has 130 valence electrons. The normalized spacial score (nSPS) is 16.2. The highest BCUT2D eigenvalue weighted by Crippen LogP contribution is 2.29. The SMILES string of the molecule is COc1ccccc1OC1CCN(Cc2ccn3ncnc3c2)CC1. The number of fused-ring (bicyclic) bond motifs is 1. The lowest BCUT2D eigenvalue weighted by atomic mass is 10.1. The minimum absolute atomic E-state index is 0.242. The maximum absolute atomic E-state index is 6.15. The first-order valence-corrected chi connectivity index (χ1v) is 8.62. The third kappa shape index (κ3) is 3.58. The van der Waals surface area contributed by atoms with Crippen molar-refractivity contribution in [2.45, 2.75) is 25.5 Å². The minimum atomic E-state index is 0.242. The lowest BCUT2D eigenvalue weighted by Gasteiger charge is -2.32. The molecular formula is C19H22N4O2. The number of methoxy groups -OCH3 is 1. The van der Waals surface area contributed by atoms with Gasteiger partial charge in [0.25, 0.3) is 0 Å². The number of hydrogen-bond donors (Lipinski definition) is 0. The van der Waals surface area contributed by atoms with Gasteiger partial charge in [-0.25, -0.2) is 9.50 Å². The molecule has 0 unspecified atom stereocenters. The van der Waals surface area contributed by atoms with Gasteiger partial charge >= 0.3 is 0 Å². The smallest absolute Gasteiger partial charge is 0.161 e. The van der Waals surface area contributed by atoms with Crippen LogP contribution in [0.15, 0.2) is 48.9 Å². The first-order chi connectivity index (χ1) is 12.3. The van der Waals surface area contributed by atoms with Crippen LogP contribution in [0.3, 0.4) is 0 Å². The van der Waals surface area contributed by atoms with E-state index in [9.17, 15) is 0 Å². The fraction of sp³-hybridized carbons (Fsp3) is 0.368. The van der Waals surface area contributed by atoms with Crippen molar-refractivity contribution in [3.8, 4) is 11.5 Å². The van der Waals surface area contributed by atoms with E-state index in [2.05, 4.69) is 27.1 Å². The maximum Gasteiger partial charge on any atom is 0.161 e. The second-order valence-corrected chi connectivity index (χ2v) is 6.34. The van der Waals surface area contributed by atoms with Gasteiger partial charge < -0.3 is 9.47 Å². The summed E-state index contributed by atoms with van der Waals surface area (Å²) in [6, 6.07) is 12.1. The van der Waals surface area contributed by atoms with Crippen molar-refractivity contribution < 1.29 is 9.47 Å². The number of para-hydroxylation sites is 2. The van der Waals surface area contributed by atoms with Crippen LogP contribution in [-0.2, 0) is 6.54 Å². The van der Waals surface area contributed by atoms with E-state index in [4.69, 9.17) is 9.47 Å². The summed E-state index contributed by atoms with van der Waals surface area (Å²) < 4.78 is 13.3. The Kier molecular flexibility index (Phi) is 4.52. The number of benzene rings is 1. The number of likely N-dealkylation sites (tertiary alicyclic amines) is 1. The number of ether oxygens (including phenoxy) is 2. The molecule has 4 rings (SSSR count). The zero-order valence-corrected chi connectivity index (χ0v) is 14.3. The van der Waals surface area contributed by atoms with Gasteiger partial charge in [-0.3, -0.25) is 4.90 Å². The molecule has 1 aromatic carbocycles. The molecule has 3 aromatic rings.